The summed E-state index contributed by atoms with van der Waals surface area (Å²) in [5, 5.41) is 23.3. The maximum atomic E-state index is 12.5. The Bertz CT molecular complexity index is 1090. The van der Waals surface area contributed by atoms with Crippen molar-refractivity contribution in [3.63, 3.8) is 0 Å². The molecule has 0 aliphatic rings. The van der Waals surface area contributed by atoms with Crippen LogP contribution in [0.5, 0.6) is 0 Å². The molecule has 440 valence electrons. The minimum Gasteiger partial charge on any atom is -0.394 e. The quantitative estimate of drug-likeness (QED) is 0.0420. The van der Waals surface area contributed by atoms with Gasteiger partial charge in [0.1, 0.15) is 0 Å². The maximum absolute atomic E-state index is 12.5. The molecule has 0 aliphatic carbocycles. The van der Waals surface area contributed by atoms with Crippen molar-refractivity contribution in [2.24, 2.45) is 0 Å². The fourth-order valence-electron chi connectivity index (χ4n) is 11.2. The van der Waals surface area contributed by atoms with E-state index in [1.165, 1.54) is 353 Å². The number of hydrogen-bond acceptors (Lipinski definition) is 3. The Morgan fingerprint density at radius 3 is 0.743 bits per heavy atom. The van der Waals surface area contributed by atoms with Gasteiger partial charge in [-0.1, -0.05) is 372 Å². The molecule has 0 radical (unpaired) electrons. The Labute approximate surface area is 466 Å². The molecule has 0 saturated heterocycles. The largest absolute Gasteiger partial charge is 0.394 e. The molecule has 2 atom stereocenters. The van der Waals surface area contributed by atoms with Gasteiger partial charge in [-0.3, -0.25) is 4.79 Å². The first-order valence-corrected chi connectivity index (χ1v) is 34.6. The van der Waals surface area contributed by atoms with Gasteiger partial charge in [0.05, 0.1) is 18.8 Å². The number of unbranched alkanes of at least 4 members (excludes halogenated alkanes) is 56. The van der Waals surface area contributed by atoms with Gasteiger partial charge >= 0.3 is 0 Å². The zero-order valence-electron chi connectivity index (χ0n) is 50.9. The first-order chi connectivity index (χ1) is 36.7. The van der Waals surface area contributed by atoms with Crippen LogP contribution in [0.15, 0.2) is 24.3 Å². The van der Waals surface area contributed by atoms with Gasteiger partial charge in [0.2, 0.25) is 5.91 Å². The van der Waals surface area contributed by atoms with Crippen LogP contribution < -0.4 is 5.32 Å². The average molecular weight is 1040 g/mol. The fourth-order valence-corrected chi connectivity index (χ4v) is 11.2. The predicted octanol–water partition coefficient (Wildman–Crippen LogP) is 23.4. The van der Waals surface area contributed by atoms with Crippen molar-refractivity contribution in [3.05, 3.63) is 24.3 Å². The molecule has 2 unspecified atom stereocenters. The van der Waals surface area contributed by atoms with Crippen molar-refractivity contribution < 1.29 is 15.0 Å². The Kier molecular flexibility index (Phi) is 65.1. The van der Waals surface area contributed by atoms with E-state index in [0.717, 1.165) is 25.7 Å². The second-order valence-electron chi connectivity index (χ2n) is 24.0. The molecule has 0 spiro atoms. The van der Waals surface area contributed by atoms with Gasteiger partial charge in [-0.05, 0) is 44.9 Å². The first-order valence-electron chi connectivity index (χ1n) is 34.6. The van der Waals surface area contributed by atoms with E-state index >= 15 is 0 Å². The monoisotopic (exact) mass is 1040 g/mol. The lowest BCUT2D eigenvalue weighted by atomic mass is 10.0. The van der Waals surface area contributed by atoms with Crippen molar-refractivity contribution in [1.29, 1.82) is 0 Å². The van der Waals surface area contributed by atoms with Crippen molar-refractivity contribution in [2.45, 2.75) is 411 Å². The van der Waals surface area contributed by atoms with E-state index in [1.54, 1.807) is 6.08 Å². The van der Waals surface area contributed by atoms with Crippen LogP contribution in [0.3, 0.4) is 0 Å². The van der Waals surface area contributed by atoms with Crippen molar-refractivity contribution in [2.75, 3.05) is 6.61 Å². The second kappa shape index (κ2) is 66.2. The molecule has 1 amide bonds. The van der Waals surface area contributed by atoms with E-state index < -0.39 is 12.1 Å². The molecule has 74 heavy (non-hydrogen) atoms. The SMILES string of the molecule is CCCCCCCCCC/C=C\CCCCCCCCCCCCCCCCCCCCCCCCCCCC(=O)NC(CO)C(O)/C=C/CCCCCCCCCCCCCCCCCCCCCCCCC. The van der Waals surface area contributed by atoms with Crippen molar-refractivity contribution >= 4 is 5.91 Å². The van der Waals surface area contributed by atoms with Crippen molar-refractivity contribution in [3.8, 4) is 0 Å². The number of amides is 1. The Hall–Kier alpha value is -1.13. The summed E-state index contributed by atoms with van der Waals surface area (Å²) in [5.74, 6) is -0.0543. The van der Waals surface area contributed by atoms with Gasteiger partial charge in [-0.2, -0.15) is 0 Å². The van der Waals surface area contributed by atoms with E-state index in [2.05, 4.69) is 31.3 Å². The lowest BCUT2D eigenvalue weighted by Gasteiger charge is -2.20. The third-order valence-corrected chi connectivity index (χ3v) is 16.4. The molecular formula is C70H137NO3. The van der Waals surface area contributed by atoms with Gasteiger partial charge < -0.3 is 15.5 Å². The van der Waals surface area contributed by atoms with Crippen LogP contribution in [0.1, 0.15) is 399 Å². The second-order valence-corrected chi connectivity index (χ2v) is 24.0. The maximum Gasteiger partial charge on any atom is 0.220 e. The highest BCUT2D eigenvalue weighted by Gasteiger charge is 2.18. The zero-order chi connectivity index (χ0) is 53.4. The highest BCUT2D eigenvalue weighted by molar-refractivity contribution is 5.76. The summed E-state index contributed by atoms with van der Waals surface area (Å²) in [7, 11) is 0. The zero-order valence-corrected chi connectivity index (χ0v) is 50.9. The van der Waals surface area contributed by atoms with E-state index in [0.29, 0.717) is 6.42 Å². The Morgan fingerprint density at radius 2 is 0.514 bits per heavy atom. The third kappa shape index (κ3) is 61.7. The average Bonchev–Trinajstić information content (AvgIpc) is 3.40. The van der Waals surface area contributed by atoms with E-state index in [9.17, 15) is 15.0 Å². The Morgan fingerprint density at radius 1 is 0.311 bits per heavy atom. The summed E-state index contributed by atoms with van der Waals surface area (Å²) < 4.78 is 0. The Balaban J connectivity index is 3.39. The molecule has 0 rings (SSSR count). The number of allylic oxidation sites excluding steroid dienone is 3. The summed E-state index contributed by atoms with van der Waals surface area (Å²) in [4.78, 5) is 12.5. The number of carbonyl (C=O) groups is 1. The van der Waals surface area contributed by atoms with Gasteiger partial charge in [0.15, 0.2) is 0 Å². The molecule has 3 N–H and O–H groups in total. The molecule has 0 aromatic rings. The van der Waals surface area contributed by atoms with E-state index in [-0.39, 0.29) is 12.5 Å². The lowest BCUT2D eigenvalue weighted by Crippen LogP contribution is -2.45. The van der Waals surface area contributed by atoms with Gasteiger partial charge in [0.25, 0.3) is 0 Å². The first kappa shape index (κ1) is 72.9. The third-order valence-electron chi connectivity index (χ3n) is 16.4. The molecule has 0 fully saturated rings. The van der Waals surface area contributed by atoms with Crippen LogP contribution in [0.25, 0.3) is 0 Å². The molecule has 0 aromatic heterocycles. The summed E-state index contributed by atoms with van der Waals surface area (Å²) in [6.45, 7) is 4.36. The summed E-state index contributed by atoms with van der Waals surface area (Å²) in [6.07, 6.45) is 89.8. The molecular weight excluding hydrogens is 903 g/mol. The van der Waals surface area contributed by atoms with E-state index in [4.69, 9.17) is 0 Å². The standard InChI is InChI=1S/C70H137NO3/c1-3-5-7-9-11-13-15-17-19-21-23-25-27-29-30-31-32-33-34-35-36-37-38-39-40-42-44-46-48-50-52-54-56-58-60-62-64-66-70(74)71-68(67-72)69(73)65-63-61-59-57-55-53-51-49-47-45-43-41-28-26-24-22-20-18-16-14-12-10-8-6-4-2/h21,23,63,65,68-69,72-73H,3-20,22,24-62,64,66-67H2,1-2H3,(H,71,74)/b23-21-,65-63+. The highest BCUT2D eigenvalue weighted by atomic mass is 16.3. The van der Waals surface area contributed by atoms with Gasteiger partial charge in [-0.25, -0.2) is 0 Å². The van der Waals surface area contributed by atoms with Gasteiger partial charge in [0, 0.05) is 6.42 Å². The molecule has 4 nitrogen and oxygen atoms in total. The van der Waals surface area contributed by atoms with Crippen LogP contribution in [0.2, 0.25) is 0 Å². The number of rotatable bonds is 65. The summed E-state index contributed by atoms with van der Waals surface area (Å²) in [6, 6.07) is -0.620. The van der Waals surface area contributed by atoms with Gasteiger partial charge in [-0.15, -0.1) is 0 Å². The van der Waals surface area contributed by atoms with Crippen LogP contribution >= 0.6 is 0 Å². The predicted molar refractivity (Wildman–Crippen MR) is 332 cm³/mol. The minimum atomic E-state index is -0.838. The number of nitrogens with one attached hydrogen (secondary N) is 1. The molecule has 0 aromatic carbocycles. The summed E-state index contributed by atoms with van der Waals surface area (Å²) in [5.41, 5.74) is 0. The van der Waals surface area contributed by atoms with Crippen molar-refractivity contribution in [1.82, 2.24) is 5.32 Å². The van der Waals surface area contributed by atoms with Crippen LogP contribution in [0.4, 0.5) is 0 Å². The smallest absolute Gasteiger partial charge is 0.220 e. The fraction of sp³-hybridized carbons (Fsp3) is 0.929. The number of aliphatic hydroxyl groups is 2. The topological polar surface area (TPSA) is 69.6 Å². The number of aliphatic hydroxyl groups excluding tert-OH is 2. The molecule has 0 bridgehead atoms. The van der Waals surface area contributed by atoms with Crippen LogP contribution in [0, 0.1) is 0 Å². The molecule has 0 saturated carbocycles. The molecule has 0 aliphatic heterocycles. The highest BCUT2D eigenvalue weighted by Crippen LogP contribution is 2.19. The normalized spacial score (nSPS) is 12.8. The molecule has 4 heteroatoms. The minimum absolute atomic E-state index is 0.0543. The summed E-state index contributed by atoms with van der Waals surface area (Å²) >= 11 is 0. The number of carbonyl (C=O) groups excluding carboxylic acids is 1. The molecule has 0 heterocycles. The van der Waals surface area contributed by atoms with Crippen LogP contribution in [-0.4, -0.2) is 34.9 Å². The lowest BCUT2D eigenvalue weighted by molar-refractivity contribution is -0.123. The van der Waals surface area contributed by atoms with E-state index in [1.807, 2.05) is 6.08 Å². The number of hydrogen-bond donors (Lipinski definition) is 3. The van der Waals surface area contributed by atoms with Crippen LogP contribution in [-0.2, 0) is 4.79 Å².